The number of alkyl halides is 3. The lowest BCUT2D eigenvalue weighted by Crippen LogP contribution is -2.18. The first-order valence-corrected chi connectivity index (χ1v) is 7.11. The predicted octanol–water partition coefficient (Wildman–Crippen LogP) is 4.01. The van der Waals surface area contributed by atoms with Crippen LogP contribution in [0, 0.1) is 0 Å². The minimum absolute atomic E-state index is 0.232. The Morgan fingerprint density at radius 2 is 1.90 bits per heavy atom. The standard InChI is InChI=1S/C13H12F3N3S/c14-13(15,16)11(9-4-2-1-3-5-9)20-12-18-17-8-19(12)10-6-7-10/h1-5,8,10-11H,6-7H2. The van der Waals surface area contributed by atoms with Gasteiger partial charge in [-0.3, -0.25) is 0 Å². The average molecular weight is 299 g/mol. The summed E-state index contributed by atoms with van der Waals surface area (Å²) >= 11 is 0.715. The van der Waals surface area contributed by atoms with Gasteiger partial charge in [-0.05, 0) is 18.4 Å². The Bertz CT molecular complexity index is 578. The summed E-state index contributed by atoms with van der Waals surface area (Å²) in [7, 11) is 0. The van der Waals surface area contributed by atoms with Crippen molar-refractivity contribution < 1.29 is 13.2 Å². The average Bonchev–Trinajstić information content (AvgIpc) is 3.15. The molecule has 0 N–H and O–H groups in total. The maximum Gasteiger partial charge on any atom is 0.404 e. The molecule has 1 unspecified atom stereocenters. The molecule has 3 nitrogen and oxygen atoms in total. The van der Waals surface area contributed by atoms with Crippen LogP contribution in [0.15, 0.2) is 41.8 Å². The molecule has 0 saturated heterocycles. The van der Waals surface area contributed by atoms with Crippen molar-refractivity contribution in [2.45, 2.75) is 35.5 Å². The molecule has 1 aromatic carbocycles. The van der Waals surface area contributed by atoms with Gasteiger partial charge in [0.15, 0.2) is 5.16 Å². The van der Waals surface area contributed by atoms with Gasteiger partial charge in [0.2, 0.25) is 0 Å². The van der Waals surface area contributed by atoms with E-state index >= 15 is 0 Å². The van der Waals surface area contributed by atoms with Crippen molar-refractivity contribution in [3.05, 3.63) is 42.2 Å². The molecule has 1 aromatic heterocycles. The van der Waals surface area contributed by atoms with Crippen LogP contribution in [0.25, 0.3) is 0 Å². The van der Waals surface area contributed by atoms with Crippen LogP contribution < -0.4 is 0 Å². The molecule has 0 amide bonds. The minimum atomic E-state index is -4.33. The summed E-state index contributed by atoms with van der Waals surface area (Å²) in [6, 6.07) is 8.16. The van der Waals surface area contributed by atoms with Crippen molar-refractivity contribution in [2.24, 2.45) is 0 Å². The maximum absolute atomic E-state index is 13.3. The predicted molar refractivity (Wildman–Crippen MR) is 69.4 cm³/mol. The van der Waals surface area contributed by atoms with Gasteiger partial charge in [0.1, 0.15) is 11.6 Å². The minimum Gasteiger partial charge on any atom is -0.306 e. The fourth-order valence-electron chi connectivity index (χ4n) is 1.98. The molecule has 0 spiro atoms. The molecule has 20 heavy (non-hydrogen) atoms. The van der Waals surface area contributed by atoms with Crippen molar-refractivity contribution in [2.75, 3.05) is 0 Å². The molecule has 7 heteroatoms. The first-order valence-electron chi connectivity index (χ1n) is 6.23. The van der Waals surface area contributed by atoms with Crippen LogP contribution in [0.5, 0.6) is 0 Å². The van der Waals surface area contributed by atoms with Crippen LogP contribution in [0.3, 0.4) is 0 Å². The Balaban J connectivity index is 1.89. The number of hydrogen-bond acceptors (Lipinski definition) is 3. The number of halogens is 3. The van der Waals surface area contributed by atoms with Gasteiger partial charge in [-0.2, -0.15) is 13.2 Å². The van der Waals surface area contributed by atoms with Gasteiger partial charge in [0, 0.05) is 6.04 Å². The van der Waals surface area contributed by atoms with E-state index in [1.54, 1.807) is 22.8 Å². The fraction of sp³-hybridized carbons (Fsp3) is 0.385. The zero-order chi connectivity index (χ0) is 14.2. The highest BCUT2D eigenvalue weighted by Crippen LogP contribution is 2.47. The lowest BCUT2D eigenvalue weighted by molar-refractivity contribution is -0.129. The topological polar surface area (TPSA) is 30.7 Å². The Labute approximate surface area is 118 Å². The Kier molecular flexibility index (Phi) is 3.45. The SMILES string of the molecule is FC(F)(F)C(Sc1nncn1C1CC1)c1ccccc1. The first kappa shape index (κ1) is 13.5. The number of benzene rings is 1. The third-order valence-electron chi connectivity index (χ3n) is 3.10. The summed E-state index contributed by atoms with van der Waals surface area (Å²) in [4.78, 5) is 0. The van der Waals surface area contributed by atoms with E-state index in [-0.39, 0.29) is 11.6 Å². The van der Waals surface area contributed by atoms with Crippen molar-refractivity contribution >= 4 is 11.8 Å². The first-order chi connectivity index (χ1) is 9.55. The van der Waals surface area contributed by atoms with Crippen molar-refractivity contribution in [1.29, 1.82) is 0 Å². The molecule has 2 aromatic rings. The second-order valence-electron chi connectivity index (χ2n) is 4.70. The van der Waals surface area contributed by atoms with Crippen LogP contribution in [0.2, 0.25) is 0 Å². The van der Waals surface area contributed by atoms with E-state index in [1.807, 2.05) is 0 Å². The number of aromatic nitrogens is 3. The van der Waals surface area contributed by atoms with Gasteiger partial charge in [0.05, 0.1) is 0 Å². The lowest BCUT2D eigenvalue weighted by atomic mass is 10.1. The molecule has 1 heterocycles. The van der Waals surface area contributed by atoms with E-state index in [1.165, 1.54) is 18.5 Å². The van der Waals surface area contributed by atoms with Crippen LogP contribution in [-0.4, -0.2) is 20.9 Å². The molecule has 1 saturated carbocycles. The smallest absolute Gasteiger partial charge is 0.306 e. The number of thioether (sulfide) groups is 1. The molecule has 0 bridgehead atoms. The van der Waals surface area contributed by atoms with Crippen LogP contribution in [-0.2, 0) is 0 Å². The van der Waals surface area contributed by atoms with E-state index in [0.717, 1.165) is 12.8 Å². The molecule has 1 atom stereocenters. The van der Waals surface area contributed by atoms with Crippen LogP contribution in [0.4, 0.5) is 13.2 Å². The van der Waals surface area contributed by atoms with E-state index in [0.29, 0.717) is 16.9 Å². The van der Waals surface area contributed by atoms with Crippen molar-refractivity contribution in [3.63, 3.8) is 0 Å². The fourth-order valence-corrected chi connectivity index (χ4v) is 3.03. The number of rotatable bonds is 4. The normalized spacial score (nSPS) is 17.1. The third kappa shape index (κ3) is 2.82. The summed E-state index contributed by atoms with van der Waals surface area (Å²) in [5.74, 6) is 0. The zero-order valence-electron chi connectivity index (χ0n) is 10.4. The summed E-state index contributed by atoms with van der Waals surface area (Å²) in [6.07, 6.45) is -0.855. The lowest BCUT2D eigenvalue weighted by Gasteiger charge is -2.19. The molecule has 1 aliphatic rings. The summed E-state index contributed by atoms with van der Waals surface area (Å²) < 4.78 is 41.5. The van der Waals surface area contributed by atoms with Gasteiger partial charge in [0.25, 0.3) is 0 Å². The largest absolute Gasteiger partial charge is 0.404 e. The molecule has 0 radical (unpaired) electrons. The Morgan fingerprint density at radius 1 is 1.20 bits per heavy atom. The van der Waals surface area contributed by atoms with Crippen molar-refractivity contribution in [3.8, 4) is 0 Å². The van der Waals surface area contributed by atoms with Gasteiger partial charge >= 0.3 is 6.18 Å². The van der Waals surface area contributed by atoms with Crippen LogP contribution in [0.1, 0.15) is 29.7 Å². The highest BCUT2D eigenvalue weighted by molar-refractivity contribution is 7.99. The monoisotopic (exact) mass is 299 g/mol. The summed E-state index contributed by atoms with van der Waals surface area (Å²) in [5.41, 5.74) is 0.232. The summed E-state index contributed by atoms with van der Waals surface area (Å²) in [6.45, 7) is 0. The third-order valence-corrected chi connectivity index (χ3v) is 4.38. The Morgan fingerprint density at radius 3 is 2.50 bits per heavy atom. The van der Waals surface area contributed by atoms with E-state index in [4.69, 9.17) is 0 Å². The molecule has 1 aliphatic carbocycles. The van der Waals surface area contributed by atoms with Gasteiger partial charge in [-0.15, -0.1) is 10.2 Å². The van der Waals surface area contributed by atoms with Crippen LogP contribution >= 0.6 is 11.8 Å². The Hall–Kier alpha value is -1.50. The molecule has 0 aliphatic heterocycles. The van der Waals surface area contributed by atoms with Gasteiger partial charge in [-0.1, -0.05) is 42.1 Å². The highest BCUT2D eigenvalue weighted by Gasteiger charge is 2.43. The second-order valence-corrected chi connectivity index (χ2v) is 5.77. The highest BCUT2D eigenvalue weighted by atomic mass is 32.2. The summed E-state index contributed by atoms with van der Waals surface area (Å²) in [5, 5.41) is 6.28. The molecular weight excluding hydrogens is 287 g/mol. The van der Waals surface area contributed by atoms with Gasteiger partial charge in [-0.25, -0.2) is 0 Å². The maximum atomic E-state index is 13.3. The number of hydrogen-bond donors (Lipinski definition) is 0. The number of nitrogens with zero attached hydrogens (tertiary/aromatic N) is 3. The van der Waals surface area contributed by atoms with E-state index < -0.39 is 11.4 Å². The van der Waals surface area contributed by atoms with E-state index in [2.05, 4.69) is 10.2 Å². The molecule has 106 valence electrons. The molecular formula is C13H12F3N3S. The van der Waals surface area contributed by atoms with Gasteiger partial charge < -0.3 is 4.57 Å². The zero-order valence-corrected chi connectivity index (χ0v) is 11.2. The molecule has 1 fully saturated rings. The van der Waals surface area contributed by atoms with E-state index in [9.17, 15) is 13.2 Å². The van der Waals surface area contributed by atoms with Crippen molar-refractivity contribution in [1.82, 2.24) is 14.8 Å². The second kappa shape index (κ2) is 5.12. The molecule has 3 rings (SSSR count). The quantitative estimate of drug-likeness (QED) is 0.799.